The predicted molar refractivity (Wildman–Crippen MR) is 36.0 cm³/mol. The molecule has 0 atom stereocenters. The fourth-order valence-corrected chi connectivity index (χ4v) is 0.983. The van der Waals surface area contributed by atoms with Crippen molar-refractivity contribution < 1.29 is 4.79 Å². The minimum Gasteiger partial charge on any atom is -0.352 e. The number of rotatable bonds is 0. The van der Waals surface area contributed by atoms with Crippen molar-refractivity contribution in [3.63, 3.8) is 0 Å². The first kappa shape index (κ1) is 6.33. The van der Waals surface area contributed by atoms with Gasteiger partial charge < -0.3 is 5.32 Å². The van der Waals surface area contributed by atoms with Crippen LogP contribution in [0.2, 0.25) is 0 Å². The normalized spacial score (nSPS) is 24.1. The monoisotopic (exact) mass is 125 g/mol. The Morgan fingerprint density at radius 3 is 2.89 bits per heavy atom. The third kappa shape index (κ3) is 1.31. The Labute approximate surface area is 54.9 Å². The summed E-state index contributed by atoms with van der Waals surface area (Å²) in [4.78, 5) is 10.8. The number of hydrogen-bond acceptors (Lipinski definition) is 1. The quantitative estimate of drug-likeness (QED) is 0.477. The van der Waals surface area contributed by atoms with E-state index < -0.39 is 0 Å². The number of amides is 1. The average Bonchev–Trinajstić information content (AvgIpc) is 1.89. The van der Waals surface area contributed by atoms with Gasteiger partial charge in [-0.3, -0.25) is 4.79 Å². The molecule has 1 fully saturated rings. The van der Waals surface area contributed by atoms with Gasteiger partial charge in [-0.25, -0.2) is 0 Å². The summed E-state index contributed by atoms with van der Waals surface area (Å²) in [5.41, 5.74) is 0.932. The zero-order valence-corrected chi connectivity index (χ0v) is 5.61. The van der Waals surface area contributed by atoms with E-state index in [1.165, 1.54) is 0 Å². The first-order valence-electron chi connectivity index (χ1n) is 3.28. The number of carbonyl (C=O) groups excluding carboxylic acids is 1. The van der Waals surface area contributed by atoms with Gasteiger partial charge in [-0.05, 0) is 19.8 Å². The summed E-state index contributed by atoms with van der Waals surface area (Å²) < 4.78 is 0. The molecule has 0 saturated carbocycles. The van der Waals surface area contributed by atoms with E-state index in [4.69, 9.17) is 0 Å². The summed E-state index contributed by atoms with van der Waals surface area (Å²) in [5.74, 6) is 0.115. The molecular formula is C7H11NO. The molecule has 0 aromatic heterocycles. The smallest absolute Gasteiger partial charge is 0.246 e. The Hall–Kier alpha value is -0.790. The minimum atomic E-state index is 0.115. The third-order valence-electron chi connectivity index (χ3n) is 1.55. The van der Waals surface area contributed by atoms with E-state index in [0.717, 1.165) is 25.0 Å². The zero-order chi connectivity index (χ0) is 6.69. The van der Waals surface area contributed by atoms with Gasteiger partial charge in [0.05, 0.1) is 0 Å². The summed E-state index contributed by atoms with van der Waals surface area (Å²) in [6, 6.07) is 0. The molecule has 0 bridgehead atoms. The van der Waals surface area contributed by atoms with Crippen LogP contribution in [0.25, 0.3) is 0 Å². The highest BCUT2D eigenvalue weighted by Crippen LogP contribution is 2.08. The molecule has 1 heterocycles. The molecule has 0 unspecified atom stereocenters. The third-order valence-corrected chi connectivity index (χ3v) is 1.55. The Kier molecular flexibility index (Phi) is 1.88. The molecule has 0 radical (unpaired) electrons. The van der Waals surface area contributed by atoms with Gasteiger partial charge in [-0.2, -0.15) is 0 Å². The molecule has 9 heavy (non-hydrogen) atoms. The van der Waals surface area contributed by atoms with Gasteiger partial charge in [-0.15, -0.1) is 0 Å². The molecule has 1 saturated heterocycles. The van der Waals surface area contributed by atoms with Crippen LogP contribution in [0.3, 0.4) is 0 Å². The van der Waals surface area contributed by atoms with Crippen LogP contribution in [0, 0.1) is 0 Å². The van der Waals surface area contributed by atoms with Crippen LogP contribution in [-0.4, -0.2) is 12.5 Å². The second-order valence-corrected chi connectivity index (χ2v) is 2.17. The number of hydrogen-bond donors (Lipinski definition) is 1. The van der Waals surface area contributed by atoms with Crippen LogP contribution in [0.5, 0.6) is 0 Å². The zero-order valence-electron chi connectivity index (χ0n) is 5.61. The number of piperidine rings is 1. The van der Waals surface area contributed by atoms with Crippen LogP contribution in [0.15, 0.2) is 11.6 Å². The lowest BCUT2D eigenvalue weighted by molar-refractivity contribution is -0.118. The minimum absolute atomic E-state index is 0.115. The topological polar surface area (TPSA) is 29.1 Å². The number of allylic oxidation sites excluding steroid dienone is 1. The fourth-order valence-electron chi connectivity index (χ4n) is 0.983. The van der Waals surface area contributed by atoms with Crippen LogP contribution in [-0.2, 0) is 4.79 Å². The molecule has 50 valence electrons. The van der Waals surface area contributed by atoms with E-state index in [9.17, 15) is 4.79 Å². The van der Waals surface area contributed by atoms with Crippen molar-refractivity contribution in [2.24, 2.45) is 0 Å². The van der Waals surface area contributed by atoms with Gasteiger partial charge in [-0.1, -0.05) is 6.08 Å². The number of carbonyl (C=O) groups is 1. The van der Waals surface area contributed by atoms with Gasteiger partial charge in [0.25, 0.3) is 0 Å². The van der Waals surface area contributed by atoms with Crippen molar-refractivity contribution >= 4 is 5.91 Å². The van der Waals surface area contributed by atoms with Gasteiger partial charge in [0, 0.05) is 12.1 Å². The lowest BCUT2D eigenvalue weighted by atomic mass is 10.1. The van der Waals surface area contributed by atoms with Gasteiger partial charge >= 0.3 is 0 Å². The molecule has 1 amide bonds. The average molecular weight is 125 g/mol. The van der Waals surface area contributed by atoms with Crippen LogP contribution >= 0.6 is 0 Å². The molecule has 0 spiro atoms. The standard InChI is InChI=1S/C7H11NO/c1-2-6-4-3-5-8-7(6)9/h2H,3-5H2,1H3,(H,8,9)/b6-2+. The van der Waals surface area contributed by atoms with E-state index in [2.05, 4.69) is 5.32 Å². The maximum absolute atomic E-state index is 10.8. The summed E-state index contributed by atoms with van der Waals surface area (Å²) in [5, 5.41) is 2.78. The summed E-state index contributed by atoms with van der Waals surface area (Å²) in [6.45, 7) is 2.75. The summed E-state index contributed by atoms with van der Waals surface area (Å²) in [6.07, 6.45) is 3.92. The molecular weight excluding hydrogens is 114 g/mol. The Balaban J connectivity index is 2.60. The molecule has 2 heteroatoms. The van der Waals surface area contributed by atoms with Gasteiger partial charge in [0.15, 0.2) is 0 Å². The fraction of sp³-hybridized carbons (Fsp3) is 0.571. The first-order valence-corrected chi connectivity index (χ1v) is 3.28. The molecule has 1 aliphatic rings. The SMILES string of the molecule is C/C=C1\CCCNC1=O. The molecule has 0 aromatic carbocycles. The second-order valence-electron chi connectivity index (χ2n) is 2.17. The molecule has 1 N–H and O–H groups in total. The number of nitrogens with one attached hydrogen (secondary N) is 1. The molecule has 1 aliphatic heterocycles. The highest BCUT2D eigenvalue weighted by atomic mass is 16.1. The summed E-state index contributed by atoms with van der Waals surface area (Å²) in [7, 11) is 0. The van der Waals surface area contributed by atoms with Crippen molar-refractivity contribution in [3.05, 3.63) is 11.6 Å². The lowest BCUT2D eigenvalue weighted by Crippen LogP contribution is -2.30. The van der Waals surface area contributed by atoms with Crippen molar-refractivity contribution in [1.29, 1.82) is 0 Å². The van der Waals surface area contributed by atoms with Gasteiger partial charge in [0.1, 0.15) is 0 Å². The molecule has 2 nitrogen and oxygen atoms in total. The van der Waals surface area contributed by atoms with Crippen molar-refractivity contribution in [3.8, 4) is 0 Å². The maximum atomic E-state index is 10.8. The second kappa shape index (κ2) is 2.67. The maximum Gasteiger partial charge on any atom is 0.246 e. The lowest BCUT2D eigenvalue weighted by Gasteiger charge is -2.13. The van der Waals surface area contributed by atoms with E-state index in [1.54, 1.807) is 0 Å². The first-order chi connectivity index (χ1) is 4.34. The summed E-state index contributed by atoms with van der Waals surface area (Å²) >= 11 is 0. The van der Waals surface area contributed by atoms with E-state index in [0.29, 0.717) is 0 Å². The molecule has 0 aliphatic carbocycles. The van der Waals surface area contributed by atoms with E-state index in [-0.39, 0.29) is 5.91 Å². The molecule has 1 rings (SSSR count). The van der Waals surface area contributed by atoms with Gasteiger partial charge in [0.2, 0.25) is 5.91 Å². The van der Waals surface area contributed by atoms with E-state index in [1.807, 2.05) is 13.0 Å². The van der Waals surface area contributed by atoms with E-state index >= 15 is 0 Å². The van der Waals surface area contributed by atoms with Crippen LogP contribution in [0.1, 0.15) is 19.8 Å². The largest absolute Gasteiger partial charge is 0.352 e. The van der Waals surface area contributed by atoms with Crippen molar-refractivity contribution in [2.75, 3.05) is 6.54 Å². The van der Waals surface area contributed by atoms with Crippen molar-refractivity contribution in [1.82, 2.24) is 5.32 Å². The molecule has 0 aromatic rings. The Morgan fingerprint density at radius 2 is 2.44 bits per heavy atom. The predicted octanol–water partition coefficient (Wildman–Crippen LogP) is 0.843. The highest BCUT2D eigenvalue weighted by Gasteiger charge is 2.11. The van der Waals surface area contributed by atoms with Crippen molar-refractivity contribution in [2.45, 2.75) is 19.8 Å². The van der Waals surface area contributed by atoms with Crippen LogP contribution < -0.4 is 5.32 Å². The highest BCUT2D eigenvalue weighted by molar-refractivity contribution is 5.93. The Morgan fingerprint density at radius 1 is 1.67 bits per heavy atom. The van der Waals surface area contributed by atoms with Crippen LogP contribution in [0.4, 0.5) is 0 Å². The Bertz CT molecular complexity index is 149.